The summed E-state index contributed by atoms with van der Waals surface area (Å²) < 4.78 is 0. The van der Waals surface area contributed by atoms with Crippen LogP contribution in [-0.2, 0) is 14.4 Å². The summed E-state index contributed by atoms with van der Waals surface area (Å²) in [5.41, 5.74) is 5.13. The number of unbranched alkanes of at least 4 members (excludes halogenated alkanes) is 15. The molecule has 0 saturated heterocycles. The van der Waals surface area contributed by atoms with Gasteiger partial charge >= 0.3 is 11.9 Å². The monoisotopic (exact) mass is 455 g/mol. The van der Waals surface area contributed by atoms with Crippen molar-refractivity contribution in [3.63, 3.8) is 0 Å². The lowest BCUT2D eigenvalue weighted by Crippen LogP contribution is -2.09. The molecular weight excluding hydrogens is 406 g/mol. The Morgan fingerprint density at radius 2 is 0.906 bits per heavy atom. The molecule has 0 radical (unpaired) electrons. The first-order valence-corrected chi connectivity index (χ1v) is 12.8. The van der Waals surface area contributed by atoms with Crippen LogP contribution in [0, 0.1) is 0 Å². The second-order valence-corrected chi connectivity index (χ2v) is 8.50. The lowest BCUT2D eigenvalue weighted by Gasteiger charge is -2.01. The van der Waals surface area contributed by atoms with Crippen LogP contribution < -0.4 is 5.73 Å². The number of allylic oxidation sites excluding steroid dienone is 2. The van der Waals surface area contributed by atoms with E-state index < -0.39 is 11.9 Å². The van der Waals surface area contributed by atoms with Crippen molar-refractivity contribution in [1.82, 2.24) is 0 Å². The second-order valence-electron chi connectivity index (χ2n) is 8.50. The number of hydrogen-bond acceptors (Lipinski definition) is 3. The van der Waals surface area contributed by atoms with Crippen LogP contribution in [0.1, 0.15) is 135 Å². The molecule has 6 nitrogen and oxygen atoms in total. The van der Waals surface area contributed by atoms with Crippen LogP contribution in [0.25, 0.3) is 0 Å². The summed E-state index contributed by atoms with van der Waals surface area (Å²) in [7, 11) is 0. The van der Waals surface area contributed by atoms with Gasteiger partial charge < -0.3 is 15.9 Å². The van der Waals surface area contributed by atoms with Crippen LogP contribution in [0.2, 0.25) is 0 Å². The van der Waals surface area contributed by atoms with Gasteiger partial charge in [0.05, 0.1) is 12.8 Å². The first-order valence-electron chi connectivity index (χ1n) is 12.8. The Morgan fingerprint density at radius 1 is 0.562 bits per heavy atom. The van der Waals surface area contributed by atoms with Gasteiger partial charge in [0, 0.05) is 6.42 Å². The van der Waals surface area contributed by atoms with Crippen LogP contribution in [0.15, 0.2) is 12.2 Å². The number of hydrogen-bond donors (Lipinski definition) is 3. The summed E-state index contributed by atoms with van der Waals surface area (Å²) in [6, 6.07) is 0. The number of carboxylic acid groups (broad SMARTS) is 2. The minimum absolute atomic E-state index is 0.156. The van der Waals surface area contributed by atoms with Gasteiger partial charge in [0.2, 0.25) is 5.91 Å². The molecule has 4 N–H and O–H groups in total. The first-order chi connectivity index (χ1) is 15.4. The average Bonchev–Trinajstić information content (AvgIpc) is 2.74. The molecule has 0 aliphatic carbocycles. The van der Waals surface area contributed by atoms with Crippen molar-refractivity contribution >= 4 is 17.8 Å². The van der Waals surface area contributed by atoms with E-state index in [1.165, 1.54) is 96.3 Å². The van der Waals surface area contributed by atoms with Crippen molar-refractivity contribution in [1.29, 1.82) is 0 Å². The van der Waals surface area contributed by atoms with E-state index in [9.17, 15) is 14.4 Å². The molecule has 0 rings (SSSR count). The summed E-state index contributed by atoms with van der Waals surface area (Å²) in [6.07, 6.45) is 27.2. The number of primary amides is 1. The number of carboxylic acids is 2. The highest BCUT2D eigenvalue weighted by atomic mass is 16.4. The summed E-state index contributed by atoms with van der Waals surface area (Å²) in [5.74, 6) is -2.31. The fourth-order valence-electron chi connectivity index (χ4n) is 3.29. The van der Waals surface area contributed by atoms with Crippen molar-refractivity contribution in [2.75, 3.05) is 0 Å². The molecule has 0 spiro atoms. The zero-order valence-corrected chi connectivity index (χ0v) is 20.5. The van der Waals surface area contributed by atoms with Crippen LogP contribution in [0.5, 0.6) is 0 Å². The Bertz CT molecular complexity index is 463. The smallest absolute Gasteiger partial charge is 0.303 e. The zero-order chi connectivity index (χ0) is 24.3. The van der Waals surface area contributed by atoms with E-state index >= 15 is 0 Å². The van der Waals surface area contributed by atoms with Gasteiger partial charge in [-0.2, -0.15) is 0 Å². The van der Waals surface area contributed by atoms with Gasteiger partial charge in [0.25, 0.3) is 0 Å². The largest absolute Gasteiger partial charge is 0.481 e. The molecule has 32 heavy (non-hydrogen) atoms. The van der Waals surface area contributed by atoms with Crippen molar-refractivity contribution in [2.45, 2.75) is 135 Å². The molecular formula is C26H49NO5. The van der Waals surface area contributed by atoms with E-state index in [0.717, 1.165) is 12.8 Å². The predicted molar refractivity (Wildman–Crippen MR) is 132 cm³/mol. The maximum absolute atomic E-state index is 10.6. The van der Waals surface area contributed by atoms with Gasteiger partial charge in [0.15, 0.2) is 0 Å². The molecule has 0 aliphatic heterocycles. The van der Waals surface area contributed by atoms with Gasteiger partial charge in [0.1, 0.15) is 0 Å². The SMILES string of the molecule is CCCCCCCC/C=C\CCCCCCCCCCCC(N)=O.O=C(O)CCC(=O)O. The molecule has 0 aliphatic rings. The van der Waals surface area contributed by atoms with E-state index in [2.05, 4.69) is 19.1 Å². The van der Waals surface area contributed by atoms with Crippen molar-refractivity contribution in [2.24, 2.45) is 5.73 Å². The summed E-state index contributed by atoms with van der Waals surface area (Å²) in [6.45, 7) is 2.28. The highest BCUT2D eigenvalue weighted by molar-refractivity contribution is 5.75. The lowest BCUT2D eigenvalue weighted by atomic mass is 10.1. The number of aliphatic carboxylic acids is 2. The van der Waals surface area contributed by atoms with Gasteiger partial charge in [-0.1, -0.05) is 96.1 Å². The standard InChI is InChI=1S/C22H43NO.C4H6O4/c1-2-3-4-5-6-7-8-9-10-11-12-13-14-15-16-17-18-19-20-21-22(23)24;5-3(6)1-2-4(7)8/h9-10H,2-8,11-21H2,1H3,(H2,23,24);1-2H2,(H,5,6)(H,7,8)/b10-9-;. The number of nitrogens with two attached hydrogens (primary N) is 1. The quantitative estimate of drug-likeness (QED) is 0.120. The highest BCUT2D eigenvalue weighted by Crippen LogP contribution is 2.12. The molecule has 0 bridgehead atoms. The third-order valence-electron chi connectivity index (χ3n) is 5.24. The minimum atomic E-state index is -1.08. The van der Waals surface area contributed by atoms with Crippen LogP contribution in [0.3, 0.4) is 0 Å². The Balaban J connectivity index is 0. The molecule has 1 amide bonds. The Morgan fingerprint density at radius 3 is 1.25 bits per heavy atom. The van der Waals surface area contributed by atoms with Crippen molar-refractivity contribution < 1.29 is 24.6 Å². The highest BCUT2D eigenvalue weighted by Gasteiger charge is 2.00. The second kappa shape index (κ2) is 27.2. The van der Waals surface area contributed by atoms with E-state index in [0.29, 0.717) is 6.42 Å². The van der Waals surface area contributed by atoms with E-state index in [1.807, 2.05) is 0 Å². The Hall–Kier alpha value is -1.85. The first kappa shape index (κ1) is 32.3. The molecule has 0 saturated carbocycles. The molecule has 0 aromatic carbocycles. The normalized spacial score (nSPS) is 10.7. The fraction of sp³-hybridized carbons (Fsp3) is 0.808. The van der Waals surface area contributed by atoms with Crippen LogP contribution >= 0.6 is 0 Å². The summed E-state index contributed by atoms with van der Waals surface area (Å²) in [5, 5.41) is 15.8. The number of carbonyl (C=O) groups is 3. The Labute approximate surface area is 196 Å². The maximum Gasteiger partial charge on any atom is 0.303 e. The fourth-order valence-corrected chi connectivity index (χ4v) is 3.29. The third kappa shape index (κ3) is 35.6. The third-order valence-corrected chi connectivity index (χ3v) is 5.24. The van der Waals surface area contributed by atoms with Crippen LogP contribution in [-0.4, -0.2) is 28.1 Å². The molecule has 0 aromatic rings. The molecule has 188 valence electrons. The molecule has 6 heteroatoms. The summed E-state index contributed by atoms with van der Waals surface area (Å²) in [4.78, 5) is 29.9. The predicted octanol–water partition coefficient (Wildman–Crippen LogP) is 7.01. The van der Waals surface area contributed by atoms with Gasteiger partial charge in [-0.15, -0.1) is 0 Å². The number of rotatable bonds is 22. The van der Waals surface area contributed by atoms with Gasteiger partial charge in [-0.05, 0) is 32.1 Å². The molecule has 0 unspecified atom stereocenters. The van der Waals surface area contributed by atoms with Gasteiger partial charge in [-0.3, -0.25) is 14.4 Å². The van der Waals surface area contributed by atoms with Crippen LogP contribution in [0.4, 0.5) is 0 Å². The maximum atomic E-state index is 10.6. The van der Waals surface area contributed by atoms with E-state index in [-0.39, 0.29) is 18.7 Å². The zero-order valence-electron chi connectivity index (χ0n) is 20.5. The molecule has 0 atom stereocenters. The van der Waals surface area contributed by atoms with E-state index in [4.69, 9.17) is 15.9 Å². The number of amides is 1. The Kier molecular flexibility index (Phi) is 27.5. The van der Waals surface area contributed by atoms with Gasteiger partial charge in [-0.25, -0.2) is 0 Å². The van der Waals surface area contributed by atoms with Crippen molar-refractivity contribution in [3.8, 4) is 0 Å². The lowest BCUT2D eigenvalue weighted by molar-refractivity contribution is -0.143. The van der Waals surface area contributed by atoms with E-state index in [1.54, 1.807) is 0 Å². The number of carbonyl (C=O) groups excluding carboxylic acids is 1. The topological polar surface area (TPSA) is 118 Å². The van der Waals surface area contributed by atoms with Crippen molar-refractivity contribution in [3.05, 3.63) is 12.2 Å². The average molecular weight is 456 g/mol. The molecule has 0 aromatic heterocycles. The minimum Gasteiger partial charge on any atom is -0.481 e. The molecule has 0 fully saturated rings. The summed E-state index contributed by atoms with van der Waals surface area (Å²) >= 11 is 0. The molecule has 0 heterocycles.